The van der Waals surface area contributed by atoms with Crippen molar-refractivity contribution in [1.82, 2.24) is 19.9 Å². The molecule has 0 saturated heterocycles. The molecule has 7 rings (SSSR count). The van der Waals surface area contributed by atoms with Crippen LogP contribution >= 0.6 is 0 Å². The molecule has 4 heterocycles. The smallest absolute Gasteiger partial charge is 0.213 e. The third-order valence-corrected chi connectivity index (χ3v) is 7.76. The van der Waals surface area contributed by atoms with Gasteiger partial charge in [0.25, 0.3) is 0 Å². The first-order chi connectivity index (χ1) is 19.3. The van der Waals surface area contributed by atoms with Gasteiger partial charge in [-0.3, -0.25) is 0 Å². The van der Waals surface area contributed by atoms with Gasteiger partial charge in [0.15, 0.2) is 0 Å². The van der Waals surface area contributed by atoms with Gasteiger partial charge in [-0.2, -0.15) is 8.78 Å². The monoisotopic (exact) mass is 526 g/mol. The quantitative estimate of drug-likeness (QED) is 0.167. The normalized spacial score (nSPS) is 11.8. The lowest BCUT2D eigenvalue weighted by molar-refractivity contribution is 0.587. The number of benzene rings is 3. The number of fused-ring (bicyclic) bond motifs is 6. The first-order valence-corrected chi connectivity index (χ1v) is 13.1. The summed E-state index contributed by atoms with van der Waals surface area (Å²) >= 11 is 0. The number of halogens is 2. The lowest BCUT2D eigenvalue weighted by Gasteiger charge is -2.12. The maximum atomic E-state index is 14.2. The number of pyridine rings is 4. The van der Waals surface area contributed by atoms with E-state index in [1.807, 2.05) is 88.4 Å². The van der Waals surface area contributed by atoms with E-state index in [1.54, 1.807) is 0 Å². The maximum absolute atomic E-state index is 14.2. The maximum Gasteiger partial charge on any atom is 0.213 e. The molecule has 194 valence electrons. The Kier molecular flexibility index (Phi) is 5.36. The standard InChI is InChI=1S/C34H24F2N4/c1-17-13-27(37-31-23(17)9-11-25-19(3)15-29(35)39-33(25)31)21-5-7-22(8-6-21)28-14-18(2)24-10-12-26-20(4)16-30(36)40-34(26)32(24)38-28/h5-16H,1-4H3. The first kappa shape index (κ1) is 24.2. The summed E-state index contributed by atoms with van der Waals surface area (Å²) in [5.41, 5.74) is 9.71. The van der Waals surface area contributed by atoms with Crippen molar-refractivity contribution in [3.05, 3.63) is 107 Å². The van der Waals surface area contributed by atoms with E-state index in [1.165, 1.54) is 12.1 Å². The minimum Gasteiger partial charge on any atom is -0.245 e. The summed E-state index contributed by atoms with van der Waals surface area (Å²) in [7, 11) is 0. The first-order valence-electron chi connectivity index (χ1n) is 13.1. The Morgan fingerprint density at radius 2 is 0.700 bits per heavy atom. The number of hydrogen-bond acceptors (Lipinski definition) is 4. The van der Waals surface area contributed by atoms with Gasteiger partial charge in [-0.1, -0.05) is 48.5 Å². The van der Waals surface area contributed by atoms with Crippen molar-refractivity contribution in [2.24, 2.45) is 0 Å². The molecular weight excluding hydrogens is 502 g/mol. The van der Waals surface area contributed by atoms with Gasteiger partial charge in [0, 0.05) is 32.7 Å². The third-order valence-electron chi connectivity index (χ3n) is 7.76. The van der Waals surface area contributed by atoms with Crippen LogP contribution in [0.2, 0.25) is 0 Å². The predicted octanol–water partition coefficient (Wildman–Crippen LogP) is 8.73. The SMILES string of the molecule is Cc1cc(F)nc2c1ccc1c(C)cc(-c3ccc(-c4cc(C)c5ccc6c(C)cc(F)nc6c5n4)cc3)nc12. The van der Waals surface area contributed by atoms with Crippen LogP contribution in [0.5, 0.6) is 0 Å². The molecule has 0 fully saturated rings. The predicted molar refractivity (Wildman–Crippen MR) is 157 cm³/mol. The van der Waals surface area contributed by atoms with E-state index in [4.69, 9.17) is 9.97 Å². The Labute approximate surface area is 229 Å². The summed E-state index contributed by atoms with van der Waals surface area (Å²) < 4.78 is 28.5. The van der Waals surface area contributed by atoms with E-state index >= 15 is 0 Å². The lowest BCUT2D eigenvalue weighted by atomic mass is 9.99. The Bertz CT molecular complexity index is 2010. The molecule has 0 aliphatic heterocycles. The van der Waals surface area contributed by atoms with Gasteiger partial charge in [0.2, 0.25) is 11.9 Å². The zero-order valence-electron chi connectivity index (χ0n) is 22.5. The Morgan fingerprint density at radius 1 is 0.400 bits per heavy atom. The Morgan fingerprint density at radius 3 is 1.05 bits per heavy atom. The molecule has 0 N–H and O–H groups in total. The van der Waals surface area contributed by atoms with Crippen LogP contribution in [-0.4, -0.2) is 19.9 Å². The van der Waals surface area contributed by atoms with Crippen molar-refractivity contribution in [2.45, 2.75) is 27.7 Å². The summed E-state index contributed by atoms with van der Waals surface area (Å²) in [6.45, 7) is 7.83. The molecule has 4 aromatic heterocycles. The van der Waals surface area contributed by atoms with Gasteiger partial charge in [0.1, 0.15) is 11.0 Å². The molecule has 6 heteroatoms. The van der Waals surface area contributed by atoms with Crippen molar-refractivity contribution in [1.29, 1.82) is 0 Å². The van der Waals surface area contributed by atoms with Crippen molar-refractivity contribution < 1.29 is 8.78 Å². The molecule has 3 aromatic carbocycles. The molecule has 0 radical (unpaired) electrons. The van der Waals surface area contributed by atoms with Crippen LogP contribution in [0.1, 0.15) is 22.3 Å². The fraction of sp³-hybridized carbons (Fsp3) is 0.118. The average molecular weight is 527 g/mol. The summed E-state index contributed by atoms with van der Waals surface area (Å²) in [4.78, 5) is 18.3. The highest BCUT2D eigenvalue weighted by Gasteiger charge is 2.14. The van der Waals surface area contributed by atoms with Gasteiger partial charge < -0.3 is 0 Å². The average Bonchev–Trinajstić information content (AvgIpc) is 2.93. The lowest BCUT2D eigenvalue weighted by Crippen LogP contribution is -1.95. The van der Waals surface area contributed by atoms with Crippen LogP contribution in [0.15, 0.2) is 72.8 Å². The van der Waals surface area contributed by atoms with Crippen molar-refractivity contribution in [3.63, 3.8) is 0 Å². The van der Waals surface area contributed by atoms with Gasteiger partial charge in [0.05, 0.1) is 22.4 Å². The minimum atomic E-state index is -0.509. The van der Waals surface area contributed by atoms with Gasteiger partial charge >= 0.3 is 0 Å². The fourth-order valence-corrected chi connectivity index (χ4v) is 5.65. The molecule has 0 spiro atoms. The second-order valence-electron chi connectivity index (χ2n) is 10.5. The van der Waals surface area contributed by atoms with Crippen LogP contribution in [0.3, 0.4) is 0 Å². The summed E-state index contributed by atoms with van der Waals surface area (Å²) in [6, 6.07) is 23.1. The van der Waals surface area contributed by atoms with Crippen LogP contribution in [0.4, 0.5) is 8.78 Å². The number of aryl methyl sites for hydroxylation is 4. The Hall–Kier alpha value is -4.84. The molecule has 7 aromatic rings. The van der Waals surface area contributed by atoms with Crippen LogP contribution < -0.4 is 0 Å². The van der Waals surface area contributed by atoms with E-state index in [0.717, 1.165) is 66.3 Å². The highest BCUT2D eigenvalue weighted by molar-refractivity contribution is 6.06. The largest absolute Gasteiger partial charge is 0.245 e. The molecule has 0 aliphatic rings. The van der Waals surface area contributed by atoms with Crippen molar-refractivity contribution >= 4 is 43.6 Å². The number of hydrogen-bond donors (Lipinski definition) is 0. The van der Waals surface area contributed by atoms with E-state index in [-0.39, 0.29) is 0 Å². The number of rotatable bonds is 2. The highest BCUT2D eigenvalue weighted by Crippen LogP contribution is 2.33. The molecule has 40 heavy (non-hydrogen) atoms. The second kappa shape index (κ2) is 8.85. The molecule has 0 bridgehead atoms. The Balaban J connectivity index is 1.36. The van der Waals surface area contributed by atoms with Crippen LogP contribution in [-0.2, 0) is 0 Å². The molecule has 0 saturated carbocycles. The van der Waals surface area contributed by atoms with Crippen LogP contribution in [0.25, 0.3) is 66.1 Å². The third kappa shape index (κ3) is 3.79. The second-order valence-corrected chi connectivity index (χ2v) is 10.5. The summed E-state index contributed by atoms with van der Waals surface area (Å²) in [5, 5.41) is 3.69. The highest BCUT2D eigenvalue weighted by atomic mass is 19.1. The summed E-state index contributed by atoms with van der Waals surface area (Å²) in [6.07, 6.45) is 0. The zero-order valence-corrected chi connectivity index (χ0v) is 22.5. The van der Waals surface area contributed by atoms with Crippen molar-refractivity contribution in [3.8, 4) is 22.5 Å². The van der Waals surface area contributed by atoms with E-state index in [9.17, 15) is 8.78 Å². The number of nitrogens with zero attached hydrogens (tertiary/aromatic N) is 4. The molecule has 0 aliphatic carbocycles. The van der Waals surface area contributed by atoms with Gasteiger partial charge in [-0.25, -0.2) is 19.9 Å². The van der Waals surface area contributed by atoms with Gasteiger partial charge in [-0.15, -0.1) is 0 Å². The topological polar surface area (TPSA) is 51.6 Å². The van der Waals surface area contributed by atoms with Crippen molar-refractivity contribution in [2.75, 3.05) is 0 Å². The molecule has 0 unspecified atom stereocenters. The fourth-order valence-electron chi connectivity index (χ4n) is 5.65. The molecule has 0 atom stereocenters. The van der Waals surface area contributed by atoms with E-state index in [2.05, 4.69) is 9.97 Å². The molecule has 0 amide bonds. The molecular formula is C34H24F2N4. The van der Waals surface area contributed by atoms with Gasteiger partial charge in [-0.05, 0) is 74.2 Å². The van der Waals surface area contributed by atoms with E-state index in [0.29, 0.717) is 22.1 Å². The minimum absolute atomic E-state index is 0.509. The van der Waals surface area contributed by atoms with Crippen LogP contribution in [0, 0.1) is 39.6 Å². The zero-order chi connectivity index (χ0) is 27.7. The number of aromatic nitrogens is 4. The van der Waals surface area contributed by atoms with E-state index < -0.39 is 11.9 Å². The summed E-state index contributed by atoms with van der Waals surface area (Å²) in [5.74, 6) is -1.02. The molecule has 4 nitrogen and oxygen atoms in total.